The van der Waals surface area contributed by atoms with E-state index in [0.717, 1.165) is 11.1 Å². The predicted molar refractivity (Wildman–Crippen MR) is 116 cm³/mol. The van der Waals surface area contributed by atoms with Crippen molar-refractivity contribution < 1.29 is 13.2 Å². The van der Waals surface area contributed by atoms with E-state index >= 15 is 0 Å². The molecule has 0 saturated carbocycles. The van der Waals surface area contributed by atoms with Crippen molar-refractivity contribution in [3.05, 3.63) is 57.6 Å². The number of rotatable bonds is 5. The van der Waals surface area contributed by atoms with Crippen molar-refractivity contribution in [1.82, 2.24) is 9.21 Å². The average Bonchev–Trinajstić information content (AvgIpc) is 2.65. The van der Waals surface area contributed by atoms with E-state index < -0.39 is 10.0 Å². The molecule has 0 atom stereocenters. The molecule has 1 saturated heterocycles. The lowest BCUT2D eigenvalue weighted by molar-refractivity contribution is -0.117. The summed E-state index contributed by atoms with van der Waals surface area (Å²) in [4.78, 5) is 14.6. The fourth-order valence-corrected chi connectivity index (χ4v) is 5.45. The molecule has 1 N–H and O–H groups in total. The largest absolute Gasteiger partial charge is 0.323 e. The van der Waals surface area contributed by atoms with Crippen LogP contribution in [0.15, 0.2) is 41.3 Å². The first-order chi connectivity index (χ1) is 13.7. The van der Waals surface area contributed by atoms with Crippen LogP contribution in [-0.2, 0) is 14.8 Å². The lowest BCUT2D eigenvalue weighted by Gasteiger charge is -2.33. The summed E-state index contributed by atoms with van der Waals surface area (Å²) < 4.78 is 27.0. The van der Waals surface area contributed by atoms with Crippen LogP contribution in [0.2, 0.25) is 10.0 Å². The molecule has 9 heteroatoms. The van der Waals surface area contributed by atoms with Crippen molar-refractivity contribution in [2.75, 3.05) is 38.0 Å². The molecule has 1 heterocycles. The van der Waals surface area contributed by atoms with Crippen molar-refractivity contribution in [2.24, 2.45) is 0 Å². The standard InChI is InChI=1S/C20H23Cl2N3O3S/c1-14-10-15(2)20(18(22)11-14)23-19(26)13-24-6-8-25(9-7-24)29(27,28)17-5-3-4-16(21)12-17/h3-5,10-12H,6-9,13H2,1-2H3,(H,23,26). The van der Waals surface area contributed by atoms with E-state index in [4.69, 9.17) is 23.2 Å². The molecular formula is C20H23Cl2N3O3S. The van der Waals surface area contributed by atoms with Gasteiger partial charge in [-0.3, -0.25) is 9.69 Å². The third-order valence-electron chi connectivity index (χ3n) is 4.83. The Hall–Kier alpha value is -1.64. The second-order valence-electron chi connectivity index (χ2n) is 7.12. The van der Waals surface area contributed by atoms with Crippen LogP contribution in [0, 0.1) is 13.8 Å². The number of halogens is 2. The first-order valence-electron chi connectivity index (χ1n) is 9.21. The minimum absolute atomic E-state index is 0.175. The second kappa shape index (κ2) is 9.02. The third-order valence-corrected chi connectivity index (χ3v) is 7.26. The Morgan fingerprint density at radius 3 is 2.38 bits per heavy atom. The summed E-state index contributed by atoms with van der Waals surface area (Å²) in [5, 5.41) is 3.76. The van der Waals surface area contributed by atoms with Gasteiger partial charge >= 0.3 is 0 Å². The summed E-state index contributed by atoms with van der Waals surface area (Å²) in [6.45, 7) is 5.57. The van der Waals surface area contributed by atoms with Crippen molar-refractivity contribution in [1.29, 1.82) is 0 Å². The predicted octanol–water partition coefficient (Wildman–Crippen LogP) is 3.56. The number of nitrogens with one attached hydrogen (secondary N) is 1. The van der Waals surface area contributed by atoms with E-state index in [2.05, 4.69) is 5.32 Å². The fraction of sp³-hybridized carbons (Fsp3) is 0.350. The Kier molecular flexibility index (Phi) is 6.86. The number of aryl methyl sites for hydroxylation is 2. The maximum absolute atomic E-state index is 12.8. The van der Waals surface area contributed by atoms with Gasteiger partial charge in [0.25, 0.3) is 0 Å². The zero-order valence-corrected chi connectivity index (χ0v) is 18.6. The van der Waals surface area contributed by atoms with Crippen LogP contribution in [0.5, 0.6) is 0 Å². The summed E-state index contributed by atoms with van der Waals surface area (Å²) in [6, 6.07) is 10.0. The number of sulfonamides is 1. The van der Waals surface area contributed by atoms with Crippen molar-refractivity contribution in [3.8, 4) is 0 Å². The van der Waals surface area contributed by atoms with Crippen LogP contribution in [0.4, 0.5) is 5.69 Å². The number of hydrogen-bond acceptors (Lipinski definition) is 4. The van der Waals surface area contributed by atoms with Gasteiger partial charge in [0.2, 0.25) is 15.9 Å². The van der Waals surface area contributed by atoms with Crippen LogP contribution in [0.1, 0.15) is 11.1 Å². The van der Waals surface area contributed by atoms with Gasteiger partial charge in [-0.05, 0) is 49.2 Å². The SMILES string of the molecule is Cc1cc(C)c(NC(=O)CN2CCN(S(=O)(=O)c3cccc(Cl)c3)CC2)c(Cl)c1. The van der Waals surface area contributed by atoms with Crippen LogP contribution in [0.3, 0.4) is 0 Å². The molecule has 1 fully saturated rings. The minimum Gasteiger partial charge on any atom is -0.323 e. The monoisotopic (exact) mass is 455 g/mol. The molecule has 0 radical (unpaired) electrons. The van der Waals surface area contributed by atoms with Crippen molar-refractivity contribution >= 4 is 44.8 Å². The van der Waals surface area contributed by atoms with Gasteiger partial charge in [-0.25, -0.2) is 8.42 Å². The number of hydrogen-bond donors (Lipinski definition) is 1. The quantitative estimate of drug-likeness (QED) is 0.747. The summed E-state index contributed by atoms with van der Waals surface area (Å²) in [5.74, 6) is -0.176. The molecule has 0 spiro atoms. The molecule has 0 unspecified atom stereocenters. The first kappa shape index (κ1) is 22.1. The lowest BCUT2D eigenvalue weighted by Crippen LogP contribution is -2.50. The molecule has 156 valence electrons. The maximum Gasteiger partial charge on any atom is 0.243 e. The average molecular weight is 456 g/mol. The highest BCUT2D eigenvalue weighted by atomic mass is 35.5. The zero-order chi connectivity index (χ0) is 21.2. The highest BCUT2D eigenvalue weighted by Gasteiger charge is 2.29. The van der Waals surface area contributed by atoms with E-state index in [1.54, 1.807) is 12.1 Å². The molecule has 6 nitrogen and oxygen atoms in total. The van der Waals surface area contributed by atoms with E-state index in [1.165, 1.54) is 16.4 Å². The number of anilines is 1. The topological polar surface area (TPSA) is 69.7 Å². The lowest BCUT2D eigenvalue weighted by atomic mass is 10.1. The highest BCUT2D eigenvalue weighted by Crippen LogP contribution is 2.27. The van der Waals surface area contributed by atoms with E-state index in [1.807, 2.05) is 30.9 Å². The second-order valence-corrected chi connectivity index (χ2v) is 9.91. The molecule has 1 aliphatic heterocycles. The Morgan fingerprint density at radius 2 is 1.76 bits per heavy atom. The van der Waals surface area contributed by atoms with Gasteiger partial charge in [-0.15, -0.1) is 0 Å². The Balaban J connectivity index is 1.58. The number of carbonyl (C=O) groups excluding carboxylic acids is 1. The van der Waals surface area contributed by atoms with Crippen LogP contribution in [0.25, 0.3) is 0 Å². The highest BCUT2D eigenvalue weighted by molar-refractivity contribution is 7.89. The minimum atomic E-state index is -3.60. The van der Waals surface area contributed by atoms with Gasteiger partial charge in [-0.1, -0.05) is 35.3 Å². The van der Waals surface area contributed by atoms with Crippen LogP contribution < -0.4 is 5.32 Å². The van der Waals surface area contributed by atoms with Crippen molar-refractivity contribution in [2.45, 2.75) is 18.7 Å². The Morgan fingerprint density at radius 1 is 1.07 bits per heavy atom. The van der Waals surface area contributed by atoms with Gasteiger partial charge in [-0.2, -0.15) is 4.31 Å². The zero-order valence-electron chi connectivity index (χ0n) is 16.3. The van der Waals surface area contributed by atoms with E-state index in [9.17, 15) is 13.2 Å². The van der Waals surface area contributed by atoms with Crippen LogP contribution in [-0.4, -0.2) is 56.3 Å². The molecule has 1 amide bonds. The Bertz CT molecular complexity index is 996. The number of piperazine rings is 1. The molecule has 2 aromatic rings. The smallest absolute Gasteiger partial charge is 0.243 e. The maximum atomic E-state index is 12.8. The van der Waals surface area contributed by atoms with Crippen molar-refractivity contribution in [3.63, 3.8) is 0 Å². The number of carbonyl (C=O) groups is 1. The Labute approximate surface area is 181 Å². The molecule has 2 aromatic carbocycles. The van der Waals surface area contributed by atoms with Gasteiger partial charge in [0.1, 0.15) is 0 Å². The number of amides is 1. The normalized spacial score (nSPS) is 16.0. The van der Waals surface area contributed by atoms with E-state index in [-0.39, 0.29) is 17.3 Å². The van der Waals surface area contributed by atoms with E-state index in [0.29, 0.717) is 41.9 Å². The molecule has 0 aromatic heterocycles. The van der Waals surface area contributed by atoms with Gasteiger partial charge in [0.05, 0.1) is 22.2 Å². The van der Waals surface area contributed by atoms with Gasteiger partial charge < -0.3 is 5.32 Å². The molecule has 1 aliphatic rings. The molecule has 29 heavy (non-hydrogen) atoms. The third kappa shape index (κ3) is 5.29. The van der Waals surface area contributed by atoms with Crippen LogP contribution >= 0.6 is 23.2 Å². The molecular weight excluding hydrogens is 433 g/mol. The molecule has 3 rings (SSSR count). The summed E-state index contributed by atoms with van der Waals surface area (Å²) in [5.41, 5.74) is 2.55. The summed E-state index contributed by atoms with van der Waals surface area (Å²) in [6.07, 6.45) is 0. The first-order valence-corrected chi connectivity index (χ1v) is 11.4. The van der Waals surface area contributed by atoms with Gasteiger partial charge in [0.15, 0.2) is 0 Å². The molecule has 0 aliphatic carbocycles. The number of benzene rings is 2. The number of nitrogens with zero attached hydrogens (tertiary/aromatic N) is 2. The summed E-state index contributed by atoms with van der Waals surface area (Å²) in [7, 11) is -3.60. The summed E-state index contributed by atoms with van der Waals surface area (Å²) >= 11 is 12.2. The van der Waals surface area contributed by atoms with Gasteiger partial charge in [0, 0.05) is 31.2 Å². The fourth-order valence-electron chi connectivity index (χ4n) is 3.36. The molecule has 0 bridgehead atoms.